The number of hydrogen-bond donors (Lipinski definition) is 1. The van der Waals surface area contributed by atoms with Crippen LogP contribution in [0.25, 0.3) is 5.69 Å². The van der Waals surface area contributed by atoms with Crippen molar-refractivity contribution in [1.29, 1.82) is 0 Å². The largest absolute Gasteiger partial charge is 0.448 e. The molecule has 0 fully saturated rings. The van der Waals surface area contributed by atoms with Gasteiger partial charge in [-0.15, -0.1) is 5.10 Å². The molecule has 1 aromatic heterocycles. The molecule has 1 heterocycles. The molecule has 10 nitrogen and oxygen atoms in total. The van der Waals surface area contributed by atoms with E-state index in [4.69, 9.17) is 4.74 Å². The van der Waals surface area contributed by atoms with Crippen LogP contribution in [0.15, 0.2) is 54.6 Å². The molecule has 1 atom stereocenters. The van der Waals surface area contributed by atoms with Gasteiger partial charge < -0.3 is 10.1 Å². The van der Waals surface area contributed by atoms with Crippen molar-refractivity contribution < 1.29 is 19.2 Å². The highest BCUT2D eigenvalue weighted by Gasteiger charge is 2.24. The maximum absolute atomic E-state index is 12.4. The molecule has 1 amide bonds. The molecule has 0 spiro atoms. The average Bonchev–Trinajstić information content (AvgIpc) is 3.10. The van der Waals surface area contributed by atoms with Crippen LogP contribution in [0.5, 0.6) is 0 Å². The average molecular weight is 395 g/mol. The van der Waals surface area contributed by atoms with Crippen molar-refractivity contribution >= 4 is 23.3 Å². The zero-order valence-electron chi connectivity index (χ0n) is 15.6. The topological polar surface area (TPSA) is 129 Å². The van der Waals surface area contributed by atoms with Gasteiger partial charge in [0.2, 0.25) is 0 Å². The van der Waals surface area contributed by atoms with Crippen LogP contribution in [0.4, 0.5) is 11.4 Å². The lowest BCUT2D eigenvalue weighted by molar-refractivity contribution is -0.384. The summed E-state index contributed by atoms with van der Waals surface area (Å²) in [4.78, 5) is 36.2. The van der Waals surface area contributed by atoms with Gasteiger partial charge in [-0.05, 0) is 32.0 Å². The Balaban J connectivity index is 1.67. The second-order valence-electron chi connectivity index (χ2n) is 6.10. The molecule has 0 saturated heterocycles. The molecule has 0 aliphatic heterocycles. The molecule has 0 aliphatic rings. The fraction of sp³-hybridized carbons (Fsp3) is 0.158. The smallest absolute Gasteiger partial charge is 0.361 e. The van der Waals surface area contributed by atoms with E-state index in [1.807, 2.05) is 18.2 Å². The van der Waals surface area contributed by atoms with Crippen molar-refractivity contribution in [3.63, 3.8) is 0 Å². The van der Waals surface area contributed by atoms with Gasteiger partial charge in [-0.3, -0.25) is 14.9 Å². The van der Waals surface area contributed by atoms with E-state index in [0.717, 1.165) is 0 Å². The number of ether oxygens (including phenoxy) is 1. The first-order valence-electron chi connectivity index (χ1n) is 8.61. The van der Waals surface area contributed by atoms with Crippen LogP contribution in [0.1, 0.15) is 23.1 Å². The first-order chi connectivity index (χ1) is 13.8. The van der Waals surface area contributed by atoms with Crippen molar-refractivity contribution in [2.24, 2.45) is 0 Å². The summed E-state index contributed by atoms with van der Waals surface area (Å²) in [6, 6.07) is 14.5. The number of esters is 1. The molecular weight excluding hydrogens is 378 g/mol. The number of carbonyl (C=O) groups excluding carboxylic acids is 2. The third-order valence-electron chi connectivity index (χ3n) is 3.94. The third-order valence-corrected chi connectivity index (χ3v) is 3.94. The Labute approximate surface area is 165 Å². The van der Waals surface area contributed by atoms with Crippen LogP contribution < -0.4 is 5.32 Å². The number of carbonyl (C=O) groups is 2. The predicted molar refractivity (Wildman–Crippen MR) is 103 cm³/mol. The Morgan fingerprint density at radius 2 is 1.86 bits per heavy atom. The standard InChI is InChI=1S/C19H17N5O5/c1-12-17(22-23(21-12)15-8-4-3-5-9-15)19(26)29-13(2)18(25)20-14-7-6-10-16(11-14)24(27)28/h3-11,13H,1-2H3,(H,20,25). The van der Waals surface area contributed by atoms with Crippen LogP contribution in [-0.4, -0.2) is 37.9 Å². The van der Waals surface area contributed by atoms with Crippen LogP contribution in [0.2, 0.25) is 0 Å². The molecule has 0 radical (unpaired) electrons. The van der Waals surface area contributed by atoms with E-state index in [9.17, 15) is 19.7 Å². The Hall–Kier alpha value is -4.08. The number of para-hydroxylation sites is 1. The van der Waals surface area contributed by atoms with Gasteiger partial charge in [-0.1, -0.05) is 24.3 Å². The number of nitrogens with zero attached hydrogens (tertiary/aromatic N) is 4. The molecular formula is C19H17N5O5. The molecule has 2 aromatic carbocycles. The number of benzene rings is 2. The van der Waals surface area contributed by atoms with E-state index in [1.165, 1.54) is 36.0 Å². The van der Waals surface area contributed by atoms with E-state index < -0.39 is 22.9 Å². The number of anilines is 1. The van der Waals surface area contributed by atoms with Gasteiger partial charge in [0.05, 0.1) is 16.3 Å². The van der Waals surface area contributed by atoms with Crippen molar-refractivity contribution in [3.05, 3.63) is 76.1 Å². The molecule has 0 bridgehead atoms. The first kappa shape index (κ1) is 19.7. The third kappa shape index (κ3) is 4.61. The molecule has 148 valence electrons. The molecule has 29 heavy (non-hydrogen) atoms. The second-order valence-corrected chi connectivity index (χ2v) is 6.10. The summed E-state index contributed by atoms with van der Waals surface area (Å²) in [7, 11) is 0. The first-order valence-corrected chi connectivity index (χ1v) is 8.61. The van der Waals surface area contributed by atoms with Crippen molar-refractivity contribution in [1.82, 2.24) is 15.0 Å². The Kier molecular flexibility index (Phi) is 5.63. The summed E-state index contributed by atoms with van der Waals surface area (Å²) in [5, 5.41) is 21.6. The number of nitro benzene ring substituents is 1. The van der Waals surface area contributed by atoms with E-state index in [0.29, 0.717) is 11.4 Å². The quantitative estimate of drug-likeness (QED) is 0.386. The number of non-ortho nitro benzene ring substituents is 1. The highest BCUT2D eigenvalue weighted by Crippen LogP contribution is 2.17. The summed E-state index contributed by atoms with van der Waals surface area (Å²) in [6.45, 7) is 3.00. The fourth-order valence-corrected chi connectivity index (χ4v) is 2.46. The lowest BCUT2D eigenvalue weighted by Crippen LogP contribution is -2.30. The lowest BCUT2D eigenvalue weighted by atomic mass is 10.2. The Morgan fingerprint density at radius 3 is 2.55 bits per heavy atom. The van der Waals surface area contributed by atoms with E-state index >= 15 is 0 Å². The maximum Gasteiger partial charge on any atom is 0.361 e. The number of aryl methyl sites for hydroxylation is 1. The lowest BCUT2D eigenvalue weighted by Gasteiger charge is -2.12. The molecule has 10 heteroatoms. The molecule has 0 saturated carbocycles. The molecule has 3 rings (SSSR count). The SMILES string of the molecule is Cc1nn(-c2ccccc2)nc1C(=O)OC(C)C(=O)Nc1cccc([N+](=O)[O-])c1. The summed E-state index contributed by atoms with van der Waals surface area (Å²) in [5.41, 5.74) is 1.07. The van der Waals surface area contributed by atoms with E-state index in [1.54, 1.807) is 19.1 Å². The number of nitrogens with one attached hydrogen (secondary N) is 1. The summed E-state index contributed by atoms with van der Waals surface area (Å²) >= 11 is 0. The van der Waals surface area contributed by atoms with Crippen molar-refractivity contribution in [2.75, 3.05) is 5.32 Å². The number of hydrogen-bond acceptors (Lipinski definition) is 7. The van der Waals surface area contributed by atoms with Gasteiger partial charge in [0, 0.05) is 17.8 Å². The van der Waals surface area contributed by atoms with Crippen LogP contribution in [0.3, 0.4) is 0 Å². The molecule has 1 N–H and O–H groups in total. The minimum Gasteiger partial charge on any atom is -0.448 e. The van der Waals surface area contributed by atoms with Crippen molar-refractivity contribution in [2.45, 2.75) is 20.0 Å². The number of rotatable bonds is 6. The fourth-order valence-electron chi connectivity index (χ4n) is 2.46. The summed E-state index contributed by atoms with van der Waals surface area (Å²) in [6.07, 6.45) is -1.15. The number of aromatic nitrogens is 3. The van der Waals surface area contributed by atoms with Gasteiger partial charge >= 0.3 is 5.97 Å². The maximum atomic E-state index is 12.4. The molecule has 1 unspecified atom stereocenters. The van der Waals surface area contributed by atoms with Crippen LogP contribution >= 0.6 is 0 Å². The van der Waals surface area contributed by atoms with Crippen molar-refractivity contribution in [3.8, 4) is 5.69 Å². The van der Waals surface area contributed by atoms with Gasteiger partial charge in [-0.25, -0.2) is 4.79 Å². The minimum atomic E-state index is -1.15. The molecule has 3 aromatic rings. The van der Waals surface area contributed by atoms with E-state index in [-0.39, 0.29) is 17.1 Å². The number of amides is 1. The normalized spacial score (nSPS) is 11.5. The summed E-state index contributed by atoms with van der Waals surface area (Å²) in [5.74, 6) is -1.43. The monoisotopic (exact) mass is 395 g/mol. The zero-order valence-corrected chi connectivity index (χ0v) is 15.6. The van der Waals surface area contributed by atoms with E-state index in [2.05, 4.69) is 15.5 Å². The zero-order chi connectivity index (χ0) is 21.0. The Morgan fingerprint density at radius 1 is 1.14 bits per heavy atom. The number of nitro groups is 1. The highest BCUT2D eigenvalue weighted by molar-refractivity contribution is 5.97. The van der Waals surface area contributed by atoms with Crippen LogP contribution in [-0.2, 0) is 9.53 Å². The van der Waals surface area contributed by atoms with Gasteiger partial charge in [0.1, 0.15) is 0 Å². The minimum absolute atomic E-state index is 0.0103. The predicted octanol–water partition coefficient (Wildman–Crippen LogP) is 2.67. The second kappa shape index (κ2) is 8.30. The highest BCUT2D eigenvalue weighted by atomic mass is 16.6. The van der Waals surface area contributed by atoms with Gasteiger partial charge in [-0.2, -0.15) is 9.90 Å². The van der Waals surface area contributed by atoms with Gasteiger partial charge in [0.25, 0.3) is 11.6 Å². The summed E-state index contributed by atoms with van der Waals surface area (Å²) < 4.78 is 5.18. The van der Waals surface area contributed by atoms with Gasteiger partial charge in [0.15, 0.2) is 11.8 Å². The Bertz CT molecular complexity index is 1060. The van der Waals surface area contributed by atoms with Crippen LogP contribution in [0, 0.1) is 17.0 Å². The molecule has 0 aliphatic carbocycles.